The third-order valence-corrected chi connectivity index (χ3v) is 1.07. The zero-order chi connectivity index (χ0) is 10.4. The van der Waals surface area contributed by atoms with Gasteiger partial charge in [0.25, 0.3) is 0 Å². The Kier molecular flexibility index (Phi) is 4.45. The Balaban J connectivity index is 4.49. The van der Waals surface area contributed by atoms with Gasteiger partial charge in [0.15, 0.2) is 0 Å². The highest BCUT2D eigenvalue weighted by molar-refractivity contribution is 6.34. The van der Waals surface area contributed by atoms with E-state index in [1.807, 2.05) is 0 Å². The molecule has 0 atom stereocenters. The maximum Gasteiger partial charge on any atom is 0.441 e. The number of ether oxygens (including phenoxy) is 2. The summed E-state index contributed by atoms with van der Waals surface area (Å²) >= 11 is 0. The molecular formula is C6H9NO6. The Hall–Kier alpha value is -1.63. The fourth-order valence-electron chi connectivity index (χ4n) is 0.493. The molecule has 0 aliphatic heterocycles. The molecule has 7 heteroatoms. The van der Waals surface area contributed by atoms with Gasteiger partial charge in [-0.2, -0.15) is 0 Å². The molecule has 2 amide bonds. The van der Waals surface area contributed by atoms with Gasteiger partial charge in [0.1, 0.15) is 0 Å². The average molecular weight is 191 g/mol. The molecule has 74 valence electrons. The van der Waals surface area contributed by atoms with Crippen molar-refractivity contribution >= 4 is 18.0 Å². The third-order valence-electron chi connectivity index (χ3n) is 1.07. The van der Waals surface area contributed by atoms with Gasteiger partial charge in [-0.15, -0.1) is 5.06 Å². The van der Waals surface area contributed by atoms with E-state index < -0.39 is 18.0 Å². The summed E-state index contributed by atoms with van der Waals surface area (Å²) in [7, 11) is 3.09. The van der Waals surface area contributed by atoms with Crippen LogP contribution in [0, 0.1) is 0 Å². The van der Waals surface area contributed by atoms with Crippen LogP contribution in [0.3, 0.4) is 0 Å². The molecule has 0 fully saturated rings. The van der Waals surface area contributed by atoms with Gasteiger partial charge in [-0.3, -0.25) is 9.63 Å². The van der Waals surface area contributed by atoms with Gasteiger partial charge in [0.2, 0.25) is 0 Å². The van der Waals surface area contributed by atoms with Crippen LogP contribution in [0.2, 0.25) is 0 Å². The van der Waals surface area contributed by atoms with E-state index in [0.29, 0.717) is 0 Å². The number of amides is 2. The Bertz CT molecular complexity index is 225. The molecule has 0 spiro atoms. The van der Waals surface area contributed by atoms with Crippen LogP contribution in [0.4, 0.5) is 4.79 Å². The van der Waals surface area contributed by atoms with Crippen molar-refractivity contribution in [2.75, 3.05) is 21.3 Å². The Morgan fingerprint density at radius 1 is 1.00 bits per heavy atom. The van der Waals surface area contributed by atoms with Crippen molar-refractivity contribution in [3.8, 4) is 0 Å². The quantitative estimate of drug-likeness (QED) is 0.310. The second kappa shape index (κ2) is 5.09. The normalized spacial score (nSPS) is 8.85. The van der Waals surface area contributed by atoms with E-state index >= 15 is 0 Å². The first-order valence-corrected chi connectivity index (χ1v) is 3.13. The van der Waals surface area contributed by atoms with Crippen molar-refractivity contribution in [2.45, 2.75) is 0 Å². The molecule has 0 heterocycles. The molecule has 0 saturated heterocycles. The monoisotopic (exact) mass is 191 g/mol. The van der Waals surface area contributed by atoms with Crippen molar-refractivity contribution < 1.29 is 28.7 Å². The summed E-state index contributed by atoms with van der Waals surface area (Å²) in [5.41, 5.74) is 0. The largest absolute Gasteiger partial charge is 0.462 e. The lowest BCUT2D eigenvalue weighted by molar-refractivity contribution is -0.178. The van der Waals surface area contributed by atoms with Gasteiger partial charge >= 0.3 is 18.0 Å². The van der Waals surface area contributed by atoms with Crippen molar-refractivity contribution in [1.29, 1.82) is 0 Å². The molecule has 0 unspecified atom stereocenters. The van der Waals surface area contributed by atoms with Gasteiger partial charge in [-0.1, -0.05) is 0 Å². The number of carbonyl (C=O) groups excluding carboxylic acids is 3. The second-order valence-corrected chi connectivity index (χ2v) is 1.74. The summed E-state index contributed by atoms with van der Waals surface area (Å²) in [6.07, 6.45) is -1.10. The molecule has 0 bridgehead atoms. The Morgan fingerprint density at radius 2 is 1.54 bits per heavy atom. The number of esters is 1. The minimum Gasteiger partial charge on any atom is -0.462 e. The van der Waals surface area contributed by atoms with Crippen LogP contribution in [0.15, 0.2) is 0 Å². The highest BCUT2D eigenvalue weighted by Crippen LogP contribution is 1.95. The summed E-state index contributed by atoms with van der Waals surface area (Å²) in [6.45, 7) is 0. The van der Waals surface area contributed by atoms with Gasteiger partial charge < -0.3 is 9.47 Å². The molecular weight excluding hydrogens is 182 g/mol. The number of hydrogen-bond acceptors (Lipinski definition) is 6. The zero-order valence-electron chi connectivity index (χ0n) is 7.40. The molecule has 0 aromatic carbocycles. The van der Waals surface area contributed by atoms with E-state index in [9.17, 15) is 14.4 Å². The Morgan fingerprint density at radius 3 is 1.85 bits per heavy atom. The van der Waals surface area contributed by atoms with Gasteiger partial charge in [-0.25, -0.2) is 9.59 Å². The summed E-state index contributed by atoms with van der Waals surface area (Å²) in [4.78, 5) is 36.6. The average Bonchev–Trinajstić information content (AvgIpc) is 2.17. The van der Waals surface area contributed by atoms with Crippen LogP contribution in [-0.2, 0) is 23.9 Å². The number of carbonyl (C=O) groups is 3. The molecule has 0 rings (SSSR count). The summed E-state index contributed by atoms with van der Waals surface area (Å²) in [5.74, 6) is -2.47. The first-order valence-electron chi connectivity index (χ1n) is 3.13. The van der Waals surface area contributed by atoms with Crippen LogP contribution in [0.1, 0.15) is 0 Å². The SMILES string of the molecule is COC(=O)C(=O)N(OC)C(=O)OC. The molecule has 0 aliphatic carbocycles. The van der Waals surface area contributed by atoms with Crippen LogP contribution in [0.5, 0.6) is 0 Å². The lowest BCUT2D eigenvalue weighted by Crippen LogP contribution is -2.40. The molecule has 7 nitrogen and oxygen atoms in total. The zero-order valence-corrected chi connectivity index (χ0v) is 7.40. The van der Waals surface area contributed by atoms with E-state index in [-0.39, 0.29) is 5.06 Å². The van der Waals surface area contributed by atoms with Gasteiger partial charge in [0.05, 0.1) is 21.3 Å². The van der Waals surface area contributed by atoms with Crippen LogP contribution in [-0.4, -0.2) is 44.4 Å². The summed E-state index contributed by atoms with van der Waals surface area (Å²) in [6, 6.07) is 0. The van der Waals surface area contributed by atoms with E-state index in [1.165, 1.54) is 0 Å². The summed E-state index contributed by atoms with van der Waals surface area (Å²) in [5, 5.41) is 0.145. The smallest absolute Gasteiger partial charge is 0.441 e. The molecule has 0 radical (unpaired) electrons. The first kappa shape index (κ1) is 11.4. The van der Waals surface area contributed by atoms with E-state index in [2.05, 4.69) is 14.3 Å². The number of methoxy groups -OCH3 is 2. The van der Waals surface area contributed by atoms with Crippen LogP contribution < -0.4 is 0 Å². The molecule has 0 aromatic heterocycles. The maximum atomic E-state index is 10.9. The second-order valence-electron chi connectivity index (χ2n) is 1.74. The predicted octanol–water partition coefficient (Wildman–Crippen LogP) is -0.684. The fraction of sp³-hybridized carbons (Fsp3) is 0.500. The minimum atomic E-state index is -1.25. The van der Waals surface area contributed by atoms with Crippen molar-refractivity contribution in [3.63, 3.8) is 0 Å². The maximum absolute atomic E-state index is 10.9. The highest BCUT2D eigenvalue weighted by atomic mass is 16.7. The predicted molar refractivity (Wildman–Crippen MR) is 38.3 cm³/mol. The van der Waals surface area contributed by atoms with E-state index in [0.717, 1.165) is 21.3 Å². The van der Waals surface area contributed by atoms with E-state index in [4.69, 9.17) is 0 Å². The molecule has 0 saturated carbocycles. The third kappa shape index (κ3) is 2.71. The van der Waals surface area contributed by atoms with E-state index in [1.54, 1.807) is 0 Å². The topological polar surface area (TPSA) is 82.1 Å². The number of hydrogen-bond donors (Lipinski definition) is 0. The van der Waals surface area contributed by atoms with Crippen molar-refractivity contribution in [3.05, 3.63) is 0 Å². The number of rotatable bonds is 1. The van der Waals surface area contributed by atoms with Gasteiger partial charge in [-0.05, 0) is 0 Å². The standard InChI is InChI=1S/C6H9NO6/c1-11-5(9)4(8)7(13-3)6(10)12-2/h1-3H3. The van der Waals surface area contributed by atoms with Crippen molar-refractivity contribution in [2.24, 2.45) is 0 Å². The minimum absolute atomic E-state index is 0.145. The molecule has 13 heavy (non-hydrogen) atoms. The summed E-state index contributed by atoms with van der Waals surface area (Å²) < 4.78 is 8.22. The number of imide groups is 1. The molecule has 0 aromatic rings. The molecule has 0 aliphatic rings. The lowest BCUT2D eigenvalue weighted by Gasteiger charge is -2.13. The van der Waals surface area contributed by atoms with Crippen LogP contribution in [0.25, 0.3) is 0 Å². The first-order chi connectivity index (χ1) is 6.08. The molecule has 0 N–H and O–H groups in total. The fourth-order valence-corrected chi connectivity index (χ4v) is 0.493. The van der Waals surface area contributed by atoms with Crippen molar-refractivity contribution in [1.82, 2.24) is 5.06 Å². The lowest BCUT2D eigenvalue weighted by atomic mass is 10.6. The van der Waals surface area contributed by atoms with Gasteiger partial charge in [0, 0.05) is 0 Å². The van der Waals surface area contributed by atoms with Crippen LogP contribution >= 0.6 is 0 Å². The number of nitrogens with zero attached hydrogens (tertiary/aromatic N) is 1. The Labute approximate surface area is 74.1 Å². The number of hydroxylamine groups is 2. The highest BCUT2D eigenvalue weighted by Gasteiger charge is 2.29.